The quantitative estimate of drug-likeness (QED) is 0.624. The molecule has 7 nitrogen and oxygen atoms in total. The number of pyridine rings is 2. The van der Waals surface area contributed by atoms with Gasteiger partial charge < -0.3 is 14.8 Å². The molecule has 0 saturated carbocycles. The first kappa shape index (κ1) is 19.3. The Morgan fingerprint density at radius 2 is 2.00 bits per heavy atom. The molecule has 3 aromatic rings. The van der Waals surface area contributed by atoms with Crippen LogP contribution >= 0.6 is 22.9 Å². The van der Waals surface area contributed by atoms with Crippen molar-refractivity contribution in [3.05, 3.63) is 35.0 Å². The van der Waals surface area contributed by atoms with Crippen LogP contribution in [-0.2, 0) is 11.3 Å². The third-order valence-corrected chi connectivity index (χ3v) is 5.50. The van der Waals surface area contributed by atoms with E-state index in [0.717, 1.165) is 35.5 Å². The van der Waals surface area contributed by atoms with E-state index in [-0.39, 0.29) is 12.2 Å². The Hall–Kier alpha value is -2.00. The van der Waals surface area contributed by atoms with Gasteiger partial charge in [-0.15, -0.1) is 0 Å². The van der Waals surface area contributed by atoms with Gasteiger partial charge >= 0.3 is 0 Å². The molecule has 0 aliphatic carbocycles. The fourth-order valence-corrected chi connectivity index (χ4v) is 4.52. The fraction of sp³-hybridized carbons (Fsp3) is 0.421. The van der Waals surface area contributed by atoms with Gasteiger partial charge in [0.25, 0.3) is 0 Å². The molecular formula is C19H22ClN5O2S. The van der Waals surface area contributed by atoms with Gasteiger partial charge in [0.1, 0.15) is 21.3 Å². The first-order chi connectivity index (χ1) is 13.5. The maximum Gasteiger partial charge on any atom is 0.214 e. The lowest BCUT2D eigenvalue weighted by molar-refractivity contribution is -0.0704. The van der Waals surface area contributed by atoms with Crippen LogP contribution < -0.4 is 10.1 Å². The van der Waals surface area contributed by atoms with Crippen molar-refractivity contribution in [2.75, 3.05) is 25.5 Å². The lowest BCUT2D eigenvalue weighted by atomic mass is 10.2. The lowest BCUT2D eigenvalue weighted by Gasteiger charge is -2.35. The highest BCUT2D eigenvalue weighted by Crippen LogP contribution is 2.29. The average Bonchev–Trinajstić information content (AvgIpc) is 3.01. The summed E-state index contributed by atoms with van der Waals surface area (Å²) in [6, 6.07) is 7.60. The minimum atomic E-state index is 0.228. The van der Waals surface area contributed by atoms with Crippen molar-refractivity contribution in [2.45, 2.75) is 32.6 Å². The van der Waals surface area contributed by atoms with Crippen LogP contribution in [0.25, 0.3) is 10.3 Å². The Kier molecular flexibility index (Phi) is 5.63. The molecule has 0 aromatic carbocycles. The topological polar surface area (TPSA) is 72.4 Å². The second kappa shape index (κ2) is 8.16. The third-order valence-electron chi connectivity index (χ3n) is 4.43. The van der Waals surface area contributed by atoms with Gasteiger partial charge in [-0.05, 0) is 37.6 Å². The van der Waals surface area contributed by atoms with Crippen LogP contribution in [0.4, 0.5) is 10.9 Å². The van der Waals surface area contributed by atoms with Gasteiger partial charge in [-0.2, -0.15) is 0 Å². The molecule has 1 aliphatic heterocycles. The normalized spacial score (nSPS) is 20.4. The van der Waals surface area contributed by atoms with E-state index in [0.29, 0.717) is 22.0 Å². The van der Waals surface area contributed by atoms with Crippen LogP contribution in [0, 0.1) is 0 Å². The molecule has 1 fully saturated rings. The number of methoxy groups -OCH3 is 1. The van der Waals surface area contributed by atoms with E-state index in [2.05, 4.69) is 39.0 Å². The van der Waals surface area contributed by atoms with Crippen molar-refractivity contribution >= 4 is 44.2 Å². The summed E-state index contributed by atoms with van der Waals surface area (Å²) in [5, 5.41) is 4.42. The van der Waals surface area contributed by atoms with Crippen molar-refractivity contribution in [1.82, 2.24) is 19.9 Å². The lowest BCUT2D eigenvalue weighted by Crippen LogP contribution is -2.44. The highest BCUT2D eigenvalue weighted by atomic mass is 35.5. The number of hydrogen-bond donors (Lipinski definition) is 1. The number of morpholine rings is 1. The number of fused-ring (bicyclic) bond motifs is 1. The third kappa shape index (κ3) is 4.52. The highest BCUT2D eigenvalue weighted by molar-refractivity contribution is 7.21. The molecule has 2 unspecified atom stereocenters. The summed E-state index contributed by atoms with van der Waals surface area (Å²) in [5.74, 6) is 1.24. The second-order valence-electron chi connectivity index (χ2n) is 6.96. The van der Waals surface area contributed by atoms with Crippen LogP contribution in [-0.4, -0.2) is 52.3 Å². The van der Waals surface area contributed by atoms with Crippen LogP contribution in [0.1, 0.15) is 19.4 Å². The standard InChI is InChI=1S/C19H22ClN5O2S/c1-11-8-25(9-12(2)27-11)10-13-6-15(20)22-16(7-13)23-19-21-14-4-5-17(26-3)24-18(14)28-19/h4-7,11-12H,8-10H2,1-3H3,(H,21,22,23). The number of nitrogens with one attached hydrogen (secondary N) is 1. The largest absolute Gasteiger partial charge is 0.481 e. The summed E-state index contributed by atoms with van der Waals surface area (Å²) < 4.78 is 11.0. The van der Waals surface area contributed by atoms with E-state index in [1.54, 1.807) is 13.2 Å². The minimum Gasteiger partial charge on any atom is -0.481 e. The number of aromatic nitrogens is 3. The van der Waals surface area contributed by atoms with Crippen molar-refractivity contribution in [1.29, 1.82) is 0 Å². The maximum absolute atomic E-state index is 6.27. The molecule has 28 heavy (non-hydrogen) atoms. The van der Waals surface area contributed by atoms with E-state index in [4.69, 9.17) is 21.1 Å². The minimum absolute atomic E-state index is 0.228. The van der Waals surface area contributed by atoms with E-state index >= 15 is 0 Å². The molecule has 1 saturated heterocycles. The molecule has 1 aliphatic rings. The van der Waals surface area contributed by atoms with Gasteiger partial charge in [0, 0.05) is 25.7 Å². The Morgan fingerprint density at radius 3 is 2.75 bits per heavy atom. The number of hydrogen-bond acceptors (Lipinski definition) is 8. The molecule has 2 atom stereocenters. The van der Waals surface area contributed by atoms with Crippen LogP contribution in [0.3, 0.4) is 0 Å². The summed E-state index contributed by atoms with van der Waals surface area (Å²) in [5.41, 5.74) is 1.91. The van der Waals surface area contributed by atoms with Crippen LogP contribution in [0.5, 0.6) is 5.88 Å². The average molecular weight is 420 g/mol. The molecule has 3 aromatic heterocycles. The van der Waals surface area contributed by atoms with Crippen molar-refractivity contribution in [2.24, 2.45) is 0 Å². The van der Waals surface area contributed by atoms with Crippen molar-refractivity contribution in [3.8, 4) is 5.88 Å². The smallest absolute Gasteiger partial charge is 0.214 e. The molecule has 0 radical (unpaired) electrons. The molecule has 1 N–H and O–H groups in total. The molecule has 0 amide bonds. The van der Waals surface area contributed by atoms with Gasteiger partial charge in [-0.3, -0.25) is 4.90 Å². The number of nitrogens with zero attached hydrogens (tertiary/aromatic N) is 4. The molecule has 4 rings (SSSR count). The first-order valence-electron chi connectivity index (χ1n) is 9.11. The van der Waals surface area contributed by atoms with E-state index in [1.807, 2.05) is 18.2 Å². The second-order valence-corrected chi connectivity index (χ2v) is 8.32. The highest BCUT2D eigenvalue weighted by Gasteiger charge is 2.22. The summed E-state index contributed by atoms with van der Waals surface area (Å²) in [7, 11) is 1.60. The predicted molar refractivity (Wildman–Crippen MR) is 112 cm³/mol. The molecule has 4 heterocycles. The van der Waals surface area contributed by atoms with Crippen LogP contribution in [0.2, 0.25) is 5.15 Å². The van der Waals surface area contributed by atoms with Gasteiger partial charge in [0.2, 0.25) is 5.88 Å². The zero-order valence-corrected chi connectivity index (χ0v) is 17.5. The first-order valence-corrected chi connectivity index (χ1v) is 10.3. The summed E-state index contributed by atoms with van der Waals surface area (Å²) in [6.45, 7) is 6.81. The summed E-state index contributed by atoms with van der Waals surface area (Å²) >= 11 is 7.72. The van der Waals surface area contributed by atoms with Gasteiger partial charge in [-0.1, -0.05) is 22.9 Å². The molecule has 9 heteroatoms. The Bertz CT molecular complexity index is 972. The zero-order valence-electron chi connectivity index (χ0n) is 16.0. The number of ether oxygens (including phenoxy) is 2. The fourth-order valence-electron chi connectivity index (χ4n) is 3.45. The number of thiazole rings is 1. The Labute approximate surface area is 172 Å². The molecule has 148 valence electrons. The van der Waals surface area contributed by atoms with E-state index in [9.17, 15) is 0 Å². The van der Waals surface area contributed by atoms with Gasteiger partial charge in [0.15, 0.2) is 5.13 Å². The SMILES string of the molecule is COc1ccc2nc(Nc3cc(CN4CC(C)OC(C)C4)cc(Cl)n3)sc2n1. The summed E-state index contributed by atoms with van der Waals surface area (Å²) in [4.78, 5) is 16.5. The predicted octanol–water partition coefficient (Wildman–Crippen LogP) is 4.10. The monoisotopic (exact) mass is 419 g/mol. The summed E-state index contributed by atoms with van der Waals surface area (Å²) in [6.07, 6.45) is 0.455. The molecule has 0 spiro atoms. The number of anilines is 2. The number of halogens is 1. The maximum atomic E-state index is 6.27. The van der Waals surface area contributed by atoms with Gasteiger partial charge in [-0.25, -0.2) is 15.0 Å². The molecule has 0 bridgehead atoms. The van der Waals surface area contributed by atoms with E-state index in [1.165, 1.54) is 11.3 Å². The molecular weight excluding hydrogens is 398 g/mol. The van der Waals surface area contributed by atoms with Crippen molar-refractivity contribution < 1.29 is 9.47 Å². The van der Waals surface area contributed by atoms with Crippen LogP contribution in [0.15, 0.2) is 24.3 Å². The van der Waals surface area contributed by atoms with E-state index < -0.39 is 0 Å². The number of rotatable bonds is 5. The Morgan fingerprint density at radius 1 is 1.21 bits per heavy atom. The van der Waals surface area contributed by atoms with Crippen molar-refractivity contribution in [3.63, 3.8) is 0 Å². The van der Waals surface area contributed by atoms with Gasteiger partial charge in [0.05, 0.1) is 19.3 Å². The Balaban J connectivity index is 1.52. The zero-order chi connectivity index (χ0) is 19.7.